The highest BCUT2D eigenvalue weighted by atomic mass is 35.5. The average Bonchev–Trinajstić information content (AvgIpc) is 2.54. The molecule has 0 saturated heterocycles. The van der Waals surface area contributed by atoms with Crippen LogP contribution in [0, 0.1) is 5.82 Å². The van der Waals surface area contributed by atoms with E-state index in [-0.39, 0.29) is 12.1 Å². The van der Waals surface area contributed by atoms with Gasteiger partial charge in [0.1, 0.15) is 23.5 Å². The van der Waals surface area contributed by atoms with Crippen LogP contribution in [0.4, 0.5) is 10.2 Å². The number of hydrogen-bond acceptors (Lipinski definition) is 4. The van der Waals surface area contributed by atoms with E-state index >= 15 is 0 Å². The van der Waals surface area contributed by atoms with Crippen molar-refractivity contribution in [3.8, 4) is 0 Å². The van der Waals surface area contributed by atoms with Gasteiger partial charge in [0, 0.05) is 23.5 Å². The first-order valence-electron chi connectivity index (χ1n) is 7.18. The van der Waals surface area contributed by atoms with Gasteiger partial charge in [0.25, 0.3) is 0 Å². The Hall–Kier alpha value is -2.24. The molecule has 0 saturated carbocycles. The molecular formula is C17H15ClFN3O. The van der Waals surface area contributed by atoms with E-state index in [0.717, 1.165) is 5.56 Å². The molecule has 6 heteroatoms. The largest absolute Gasteiger partial charge is 0.395 e. The van der Waals surface area contributed by atoms with Crippen LogP contribution >= 0.6 is 11.6 Å². The molecule has 23 heavy (non-hydrogen) atoms. The van der Waals surface area contributed by atoms with Gasteiger partial charge in [0.2, 0.25) is 0 Å². The number of benzene rings is 2. The Labute approximate surface area is 138 Å². The molecule has 0 bridgehead atoms. The summed E-state index contributed by atoms with van der Waals surface area (Å²) in [6.07, 6.45) is 1.34. The Morgan fingerprint density at radius 2 is 1.96 bits per heavy atom. The molecule has 0 radical (unpaired) electrons. The summed E-state index contributed by atoms with van der Waals surface area (Å²) >= 11 is 6.02. The molecular weight excluding hydrogens is 317 g/mol. The number of anilines is 1. The highest BCUT2D eigenvalue weighted by Crippen LogP contribution is 2.26. The minimum Gasteiger partial charge on any atom is -0.395 e. The van der Waals surface area contributed by atoms with Crippen molar-refractivity contribution in [2.24, 2.45) is 0 Å². The minimum absolute atomic E-state index is 0.0403. The number of aliphatic hydroxyl groups is 1. The predicted molar refractivity (Wildman–Crippen MR) is 89.1 cm³/mol. The topological polar surface area (TPSA) is 49.2 Å². The summed E-state index contributed by atoms with van der Waals surface area (Å²) in [5.74, 6) is 0.196. The third-order valence-electron chi connectivity index (χ3n) is 3.53. The number of fused-ring (bicyclic) bond motifs is 1. The second kappa shape index (κ2) is 6.89. The lowest BCUT2D eigenvalue weighted by molar-refractivity contribution is 0.301. The Morgan fingerprint density at radius 3 is 2.74 bits per heavy atom. The number of nitrogens with zero attached hydrogens (tertiary/aromatic N) is 3. The van der Waals surface area contributed by atoms with Gasteiger partial charge in [-0.25, -0.2) is 14.4 Å². The number of rotatable bonds is 5. The smallest absolute Gasteiger partial charge is 0.149 e. The fourth-order valence-corrected chi connectivity index (χ4v) is 2.74. The zero-order valence-electron chi connectivity index (χ0n) is 12.3. The molecule has 118 valence electrons. The number of halogens is 2. The van der Waals surface area contributed by atoms with Gasteiger partial charge in [0.15, 0.2) is 0 Å². The Morgan fingerprint density at radius 1 is 1.13 bits per heavy atom. The third kappa shape index (κ3) is 3.41. The molecule has 0 aliphatic carbocycles. The summed E-state index contributed by atoms with van der Waals surface area (Å²) in [6.45, 7) is 0.834. The van der Waals surface area contributed by atoms with E-state index in [1.807, 2.05) is 23.1 Å². The molecule has 3 aromatic rings. The van der Waals surface area contributed by atoms with Crippen molar-refractivity contribution in [3.63, 3.8) is 0 Å². The van der Waals surface area contributed by atoms with E-state index in [4.69, 9.17) is 11.6 Å². The highest BCUT2D eigenvalue weighted by Gasteiger charge is 2.14. The monoisotopic (exact) mass is 331 g/mol. The normalized spacial score (nSPS) is 10.9. The van der Waals surface area contributed by atoms with Crippen molar-refractivity contribution < 1.29 is 9.50 Å². The first kappa shape index (κ1) is 15.6. The van der Waals surface area contributed by atoms with E-state index in [0.29, 0.717) is 29.3 Å². The lowest BCUT2D eigenvalue weighted by atomic mass is 10.2. The van der Waals surface area contributed by atoms with E-state index in [1.165, 1.54) is 12.4 Å². The van der Waals surface area contributed by atoms with E-state index in [2.05, 4.69) is 9.97 Å². The van der Waals surface area contributed by atoms with Crippen LogP contribution in [0.15, 0.2) is 48.8 Å². The standard InChI is InChI=1S/C17H15ClFN3O/c18-13-4-1-3-12(9-13)10-22(7-8-23)17-14-5-2-6-15(19)16(14)20-11-21-17/h1-6,9,11,23H,7-8,10H2. The van der Waals surface area contributed by atoms with Crippen LogP contribution in [-0.4, -0.2) is 28.2 Å². The quantitative estimate of drug-likeness (QED) is 0.778. The zero-order valence-corrected chi connectivity index (χ0v) is 13.0. The fourth-order valence-electron chi connectivity index (χ4n) is 2.53. The summed E-state index contributed by atoms with van der Waals surface area (Å²) in [7, 11) is 0. The molecule has 0 spiro atoms. The second-order valence-electron chi connectivity index (χ2n) is 5.11. The molecule has 0 aliphatic heterocycles. The zero-order chi connectivity index (χ0) is 16.2. The first-order chi connectivity index (χ1) is 11.2. The second-order valence-corrected chi connectivity index (χ2v) is 5.54. The maximum atomic E-state index is 13.9. The van der Waals surface area contributed by atoms with Gasteiger partial charge in [-0.2, -0.15) is 0 Å². The molecule has 0 unspecified atom stereocenters. The molecule has 3 rings (SSSR count). The highest BCUT2D eigenvalue weighted by molar-refractivity contribution is 6.30. The molecule has 4 nitrogen and oxygen atoms in total. The van der Waals surface area contributed by atoms with Crippen LogP contribution < -0.4 is 4.90 Å². The van der Waals surface area contributed by atoms with Gasteiger partial charge >= 0.3 is 0 Å². The summed E-state index contributed by atoms with van der Waals surface area (Å²) in [4.78, 5) is 10.2. The predicted octanol–water partition coefficient (Wildman–Crippen LogP) is 3.42. The van der Waals surface area contributed by atoms with Crippen molar-refractivity contribution >= 4 is 28.3 Å². The summed E-state index contributed by atoms with van der Waals surface area (Å²) < 4.78 is 13.9. The maximum Gasteiger partial charge on any atom is 0.149 e. The van der Waals surface area contributed by atoms with E-state index in [9.17, 15) is 9.50 Å². The van der Waals surface area contributed by atoms with Crippen LogP contribution in [0.25, 0.3) is 10.9 Å². The van der Waals surface area contributed by atoms with Gasteiger partial charge in [-0.3, -0.25) is 0 Å². The number of para-hydroxylation sites is 1. The molecule has 0 aliphatic rings. The van der Waals surface area contributed by atoms with Crippen LogP contribution in [0.1, 0.15) is 5.56 Å². The fraction of sp³-hybridized carbons (Fsp3) is 0.176. The Kier molecular flexibility index (Phi) is 4.69. The maximum absolute atomic E-state index is 13.9. The number of aromatic nitrogens is 2. The lowest BCUT2D eigenvalue weighted by Gasteiger charge is -2.24. The van der Waals surface area contributed by atoms with Crippen molar-refractivity contribution in [2.75, 3.05) is 18.1 Å². The number of hydrogen-bond donors (Lipinski definition) is 1. The number of aliphatic hydroxyl groups excluding tert-OH is 1. The van der Waals surface area contributed by atoms with Gasteiger partial charge in [0.05, 0.1) is 6.61 Å². The molecule has 1 aromatic heterocycles. The minimum atomic E-state index is -0.391. The van der Waals surface area contributed by atoms with Crippen LogP contribution in [0.3, 0.4) is 0 Å². The summed E-state index contributed by atoms with van der Waals surface area (Å²) in [6, 6.07) is 12.2. The average molecular weight is 332 g/mol. The Bertz CT molecular complexity index is 828. The van der Waals surface area contributed by atoms with Crippen molar-refractivity contribution in [1.82, 2.24) is 9.97 Å². The van der Waals surface area contributed by atoms with Crippen LogP contribution in [0.2, 0.25) is 5.02 Å². The SMILES string of the molecule is OCCN(Cc1cccc(Cl)c1)c1ncnc2c(F)cccc12. The Balaban J connectivity index is 2.03. The molecule has 2 aromatic carbocycles. The summed E-state index contributed by atoms with van der Waals surface area (Å²) in [5.41, 5.74) is 1.25. The van der Waals surface area contributed by atoms with Crippen molar-refractivity contribution in [1.29, 1.82) is 0 Å². The molecule has 0 atom stereocenters. The van der Waals surface area contributed by atoms with E-state index in [1.54, 1.807) is 18.2 Å². The van der Waals surface area contributed by atoms with Crippen LogP contribution in [0.5, 0.6) is 0 Å². The lowest BCUT2D eigenvalue weighted by Crippen LogP contribution is -2.27. The van der Waals surface area contributed by atoms with Gasteiger partial charge < -0.3 is 10.0 Å². The van der Waals surface area contributed by atoms with E-state index < -0.39 is 5.82 Å². The van der Waals surface area contributed by atoms with Crippen LogP contribution in [-0.2, 0) is 6.54 Å². The molecule has 1 N–H and O–H groups in total. The third-order valence-corrected chi connectivity index (χ3v) is 3.76. The van der Waals surface area contributed by atoms with Gasteiger partial charge in [-0.1, -0.05) is 29.8 Å². The first-order valence-corrected chi connectivity index (χ1v) is 7.56. The molecule has 0 fully saturated rings. The molecule has 1 heterocycles. The summed E-state index contributed by atoms with van der Waals surface area (Å²) in [5, 5.41) is 10.6. The molecule has 0 amide bonds. The van der Waals surface area contributed by atoms with Gasteiger partial charge in [-0.15, -0.1) is 0 Å². The van der Waals surface area contributed by atoms with Crippen molar-refractivity contribution in [2.45, 2.75) is 6.54 Å². The van der Waals surface area contributed by atoms with Gasteiger partial charge in [-0.05, 0) is 29.8 Å². The van der Waals surface area contributed by atoms with Crippen molar-refractivity contribution in [3.05, 3.63) is 65.2 Å².